The number of nitrogens with zero attached hydrogens (tertiary/aromatic N) is 4. The topological polar surface area (TPSA) is 44.9 Å². The molecule has 0 saturated carbocycles. The summed E-state index contributed by atoms with van der Waals surface area (Å²) in [6.45, 7) is 20.2. The van der Waals surface area contributed by atoms with E-state index in [-0.39, 0.29) is 26.5 Å². The van der Waals surface area contributed by atoms with Gasteiger partial charge in [0, 0.05) is 34.5 Å². The van der Waals surface area contributed by atoms with E-state index in [1.165, 1.54) is 16.5 Å². The minimum atomic E-state index is 0. The van der Waals surface area contributed by atoms with E-state index in [2.05, 4.69) is 146 Å². The molecule has 3 heterocycles. The maximum atomic E-state index is 6.65. The van der Waals surface area contributed by atoms with Crippen molar-refractivity contribution in [3.63, 3.8) is 0 Å². The van der Waals surface area contributed by atoms with Crippen molar-refractivity contribution in [1.29, 1.82) is 0 Å². The van der Waals surface area contributed by atoms with E-state index in [9.17, 15) is 0 Å². The van der Waals surface area contributed by atoms with Gasteiger partial charge in [-0.25, -0.2) is 4.98 Å². The third kappa shape index (κ3) is 7.13. The summed E-state index contributed by atoms with van der Waals surface area (Å²) >= 11 is 0. The fourth-order valence-electron chi connectivity index (χ4n) is 7.41. The predicted molar refractivity (Wildman–Crippen MR) is 211 cm³/mol. The van der Waals surface area contributed by atoms with Crippen LogP contribution >= 0.6 is 0 Å². The van der Waals surface area contributed by atoms with Crippen molar-refractivity contribution in [1.82, 2.24) is 19.3 Å². The van der Waals surface area contributed by atoms with Gasteiger partial charge in [0.15, 0.2) is 0 Å². The van der Waals surface area contributed by atoms with Crippen LogP contribution in [-0.2, 0) is 27.5 Å². The van der Waals surface area contributed by atoms with E-state index in [0.29, 0.717) is 23.3 Å². The van der Waals surface area contributed by atoms with Crippen LogP contribution in [-0.4, -0.2) is 19.3 Å². The summed E-state index contributed by atoms with van der Waals surface area (Å²) in [6.07, 6.45) is 3.82. The maximum Gasteiger partial charge on any atom is 2.00 e. The molecule has 0 aliphatic carbocycles. The average molecular weight is 868 g/mol. The van der Waals surface area contributed by atoms with Gasteiger partial charge in [0.1, 0.15) is 5.82 Å². The molecule has 5 nitrogen and oxygen atoms in total. The Kier molecular flexibility index (Phi) is 10.7. The van der Waals surface area contributed by atoms with Gasteiger partial charge in [-0.2, -0.15) is 16.7 Å². The SMILES string of the molecule is CCCc1cc(Oc2[c-]c3c(cc2)c2cc(C(C)C(C)C(C)(C)C)ccc2n3-c2cc(C)ccn2)[c-]c(-n2nc(C)c(-c3ccccc3)c2C)c1.[Pt+2]. The number of ether oxygens (including phenoxy) is 1. The number of rotatable bonds is 9. The number of aryl methyl sites for hydroxylation is 3. The molecule has 52 heavy (non-hydrogen) atoms. The molecule has 0 bridgehead atoms. The second-order valence-electron chi connectivity index (χ2n) is 15.2. The first-order chi connectivity index (χ1) is 24.4. The number of benzene rings is 4. The second kappa shape index (κ2) is 14.9. The Balaban J connectivity index is 0.00000464. The van der Waals surface area contributed by atoms with E-state index in [1.807, 2.05) is 29.1 Å². The van der Waals surface area contributed by atoms with Gasteiger partial charge >= 0.3 is 21.1 Å². The third-order valence-electron chi connectivity index (χ3n) is 10.7. The fourth-order valence-corrected chi connectivity index (χ4v) is 7.41. The molecule has 0 spiro atoms. The van der Waals surface area contributed by atoms with E-state index < -0.39 is 0 Å². The van der Waals surface area contributed by atoms with Crippen LogP contribution < -0.4 is 4.74 Å². The van der Waals surface area contributed by atoms with Crippen LogP contribution in [0.15, 0.2) is 91.1 Å². The molecule has 2 unspecified atom stereocenters. The molecule has 268 valence electrons. The number of hydrogen-bond acceptors (Lipinski definition) is 3. The summed E-state index contributed by atoms with van der Waals surface area (Å²) in [7, 11) is 0. The van der Waals surface area contributed by atoms with Gasteiger partial charge in [0.05, 0.1) is 5.69 Å². The molecular formula is C46H48N4OPt. The standard InChI is InChI=1S/C46H48N4O.Pt/c1-10-14-34-24-37(50-33(6)45(32(5)48-50)35-15-12-11-13-16-35)27-39(25-34)51-38-18-19-40-41-26-36(30(3)31(4)46(7,8)9)17-20-42(41)49(43(40)28-38)44-23-29(2)21-22-47-44;/h11-13,15-26,30-31H,10,14H2,1-9H3;/q-2;+2. The Hall–Kier alpha value is -4.47. The molecule has 7 rings (SSSR count). The zero-order chi connectivity index (χ0) is 36.0. The molecule has 0 radical (unpaired) electrons. The van der Waals surface area contributed by atoms with E-state index >= 15 is 0 Å². The van der Waals surface area contributed by atoms with Crippen LogP contribution in [0.25, 0.3) is 44.4 Å². The van der Waals surface area contributed by atoms with Crippen molar-refractivity contribution in [3.8, 4) is 34.1 Å². The molecule has 3 aromatic heterocycles. The molecule has 0 aliphatic heterocycles. The van der Waals surface area contributed by atoms with Gasteiger partial charge in [-0.15, -0.1) is 35.7 Å². The quantitative estimate of drug-likeness (QED) is 0.136. The Morgan fingerprint density at radius 2 is 1.60 bits per heavy atom. The minimum Gasteiger partial charge on any atom is -0.509 e. The van der Waals surface area contributed by atoms with Crippen LogP contribution in [0.5, 0.6) is 11.5 Å². The van der Waals surface area contributed by atoms with Gasteiger partial charge in [-0.05, 0) is 84.0 Å². The summed E-state index contributed by atoms with van der Waals surface area (Å²) in [5, 5.41) is 7.30. The zero-order valence-electron chi connectivity index (χ0n) is 31.7. The molecule has 0 saturated heterocycles. The second-order valence-corrected chi connectivity index (χ2v) is 15.2. The van der Waals surface area contributed by atoms with Crippen LogP contribution in [0.2, 0.25) is 0 Å². The summed E-state index contributed by atoms with van der Waals surface area (Å²) < 4.78 is 10.9. The molecule has 0 amide bonds. The van der Waals surface area contributed by atoms with Crippen molar-refractivity contribution in [2.75, 3.05) is 0 Å². The smallest absolute Gasteiger partial charge is 0.509 e. The molecule has 0 fully saturated rings. The van der Waals surface area contributed by atoms with Gasteiger partial charge in [-0.3, -0.25) is 4.68 Å². The fraction of sp³-hybridized carbons (Fsp3) is 0.304. The average Bonchev–Trinajstić information content (AvgIpc) is 3.59. The summed E-state index contributed by atoms with van der Waals surface area (Å²) in [6, 6.07) is 37.2. The first-order valence-electron chi connectivity index (χ1n) is 18.2. The monoisotopic (exact) mass is 867 g/mol. The molecule has 6 heteroatoms. The molecular weight excluding hydrogens is 820 g/mol. The van der Waals surface area contributed by atoms with Crippen molar-refractivity contribution >= 4 is 21.8 Å². The van der Waals surface area contributed by atoms with Gasteiger partial charge in [-0.1, -0.05) is 102 Å². The first kappa shape index (κ1) is 37.3. The van der Waals surface area contributed by atoms with Gasteiger partial charge < -0.3 is 9.30 Å². The maximum absolute atomic E-state index is 6.65. The Morgan fingerprint density at radius 3 is 2.31 bits per heavy atom. The predicted octanol–water partition coefficient (Wildman–Crippen LogP) is 12.1. The molecule has 0 aliphatic rings. The Morgan fingerprint density at radius 1 is 0.827 bits per heavy atom. The molecule has 2 atom stereocenters. The van der Waals surface area contributed by atoms with Crippen LogP contribution in [0.3, 0.4) is 0 Å². The number of pyridine rings is 1. The minimum absolute atomic E-state index is 0. The number of aromatic nitrogens is 4. The normalized spacial score (nSPS) is 12.9. The van der Waals surface area contributed by atoms with Gasteiger partial charge in [0.25, 0.3) is 0 Å². The van der Waals surface area contributed by atoms with Crippen LogP contribution in [0, 0.1) is 44.2 Å². The van der Waals surface area contributed by atoms with Crippen molar-refractivity contribution in [3.05, 3.63) is 131 Å². The summed E-state index contributed by atoms with van der Waals surface area (Å²) in [4.78, 5) is 4.82. The van der Waals surface area contributed by atoms with Gasteiger partial charge in [0.2, 0.25) is 0 Å². The first-order valence-corrected chi connectivity index (χ1v) is 18.2. The van der Waals surface area contributed by atoms with Crippen molar-refractivity contribution in [2.45, 2.75) is 81.1 Å². The van der Waals surface area contributed by atoms with Crippen molar-refractivity contribution in [2.24, 2.45) is 11.3 Å². The zero-order valence-corrected chi connectivity index (χ0v) is 34.0. The number of fused-ring (bicyclic) bond motifs is 3. The summed E-state index contributed by atoms with van der Waals surface area (Å²) in [5.41, 5.74) is 11.2. The largest absolute Gasteiger partial charge is 2.00 e. The van der Waals surface area contributed by atoms with Crippen LogP contribution in [0.1, 0.15) is 82.0 Å². The molecule has 0 N–H and O–H groups in total. The van der Waals surface area contributed by atoms with E-state index in [1.54, 1.807) is 0 Å². The van der Waals surface area contributed by atoms with E-state index in [0.717, 1.165) is 68.8 Å². The van der Waals surface area contributed by atoms with Crippen molar-refractivity contribution < 1.29 is 25.8 Å². The Labute approximate surface area is 323 Å². The summed E-state index contributed by atoms with van der Waals surface area (Å²) in [5.74, 6) is 3.05. The Bertz CT molecular complexity index is 2360. The third-order valence-corrected chi connectivity index (χ3v) is 10.7. The molecule has 7 aromatic rings. The number of hydrogen-bond donors (Lipinski definition) is 0. The van der Waals surface area contributed by atoms with Crippen LogP contribution in [0.4, 0.5) is 0 Å². The molecule has 4 aromatic carbocycles. The van der Waals surface area contributed by atoms with E-state index in [4.69, 9.17) is 14.8 Å².